The first-order chi connectivity index (χ1) is 16.9. The Balaban J connectivity index is 1.90. The number of carbonyl (C=O) groups is 2. The number of thiazole rings is 1. The van der Waals surface area contributed by atoms with E-state index in [1.165, 1.54) is 24.0 Å². The maximum atomic E-state index is 13.6. The first-order valence-electron chi connectivity index (χ1n) is 11.1. The van der Waals surface area contributed by atoms with Crippen LogP contribution in [0.2, 0.25) is 0 Å². The van der Waals surface area contributed by atoms with Crippen LogP contribution in [0, 0.1) is 6.92 Å². The van der Waals surface area contributed by atoms with Gasteiger partial charge >= 0.3 is 5.97 Å². The molecule has 0 radical (unpaired) electrons. The normalized spacial score (nSPS) is 10.7. The van der Waals surface area contributed by atoms with Crippen LogP contribution in [-0.2, 0) is 24.3 Å². The largest absolute Gasteiger partial charge is 0.496 e. The molecule has 3 aromatic rings. The highest BCUT2D eigenvalue weighted by atomic mass is 32.1. The molecule has 9 heteroatoms. The summed E-state index contributed by atoms with van der Waals surface area (Å²) in [5.74, 6) is -0.215. The van der Waals surface area contributed by atoms with Crippen LogP contribution in [0.1, 0.15) is 48.3 Å². The van der Waals surface area contributed by atoms with Gasteiger partial charge in [-0.25, -0.2) is 9.78 Å². The van der Waals surface area contributed by atoms with Crippen molar-refractivity contribution in [3.8, 4) is 11.5 Å². The lowest BCUT2D eigenvalue weighted by Gasteiger charge is -2.23. The summed E-state index contributed by atoms with van der Waals surface area (Å²) in [4.78, 5) is 31.8. The molecule has 0 spiro atoms. The third-order valence-corrected chi connectivity index (χ3v) is 6.58. The van der Waals surface area contributed by atoms with Gasteiger partial charge in [0.2, 0.25) is 0 Å². The molecule has 0 saturated carbocycles. The van der Waals surface area contributed by atoms with Gasteiger partial charge in [-0.1, -0.05) is 30.3 Å². The molecule has 0 unspecified atom stereocenters. The van der Waals surface area contributed by atoms with Crippen molar-refractivity contribution in [3.63, 3.8) is 0 Å². The third kappa shape index (κ3) is 6.58. The van der Waals surface area contributed by atoms with E-state index in [2.05, 4.69) is 17.1 Å². The molecule has 0 fully saturated rings. The van der Waals surface area contributed by atoms with E-state index in [-0.39, 0.29) is 24.8 Å². The van der Waals surface area contributed by atoms with E-state index in [0.717, 1.165) is 18.4 Å². The van der Waals surface area contributed by atoms with Crippen molar-refractivity contribution in [1.29, 1.82) is 0 Å². The van der Waals surface area contributed by atoms with Crippen LogP contribution in [0.4, 0.5) is 0 Å². The summed E-state index contributed by atoms with van der Waals surface area (Å²) in [5.41, 5.74) is 2.37. The van der Waals surface area contributed by atoms with Crippen molar-refractivity contribution in [2.75, 3.05) is 27.9 Å². The third-order valence-electron chi connectivity index (χ3n) is 5.57. The molecule has 0 atom stereocenters. The SMILES string of the molecule is COCc1sc(CN(CCCc2ccccc2)C(=O)c2cc(OC)c(C)c(OC)c2)nc1C(=O)O. The number of carbonyl (C=O) groups excluding carboxylic acids is 1. The maximum Gasteiger partial charge on any atom is 0.355 e. The summed E-state index contributed by atoms with van der Waals surface area (Å²) >= 11 is 1.24. The van der Waals surface area contributed by atoms with E-state index in [9.17, 15) is 14.7 Å². The fourth-order valence-corrected chi connectivity index (χ4v) is 4.84. The van der Waals surface area contributed by atoms with Crippen molar-refractivity contribution < 1.29 is 28.9 Å². The minimum absolute atomic E-state index is 0.0396. The molecule has 0 aliphatic heterocycles. The van der Waals surface area contributed by atoms with Gasteiger partial charge in [0.1, 0.15) is 16.5 Å². The number of aromatic nitrogens is 1. The lowest BCUT2D eigenvalue weighted by Crippen LogP contribution is -2.32. The van der Waals surface area contributed by atoms with Crippen LogP contribution >= 0.6 is 11.3 Å². The van der Waals surface area contributed by atoms with Gasteiger partial charge in [0, 0.05) is 24.8 Å². The molecular formula is C26H30N2O6S. The fourth-order valence-electron chi connectivity index (χ4n) is 3.79. The number of benzene rings is 2. The Morgan fingerprint density at radius 1 is 1.06 bits per heavy atom. The number of nitrogens with zero attached hydrogens (tertiary/aromatic N) is 2. The number of carboxylic acid groups (broad SMARTS) is 1. The number of hydrogen-bond acceptors (Lipinski definition) is 7. The summed E-state index contributed by atoms with van der Waals surface area (Å²) in [7, 11) is 4.60. The average molecular weight is 499 g/mol. The van der Waals surface area contributed by atoms with Crippen molar-refractivity contribution in [3.05, 3.63) is 74.7 Å². The Morgan fingerprint density at radius 3 is 2.29 bits per heavy atom. The molecular weight excluding hydrogens is 468 g/mol. The molecule has 0 bridgehead atoms. The van der Waals surface area contributed by atoms with E-state index in [1.54, 1.807) is 31.3 Å². The number of ether oxygens (including phenoxy) is 3. The van der Waals surface area contributed by atoms with Gasteiger partial charge in [0.05, 0.1) is 32.2 Å². The molecule has 1 aromatic heterocycles. The van der Waals surface area contributed by atoms with Gasteiger partial charge in [-0.15, -0.1) is 11.3 Å². The van der Waals surface area contributed by atoms with Crippen LogP contribution < -0.4 is 9.47 Å². The van der Waals surface area contributed by atoms with Crippen LogP contribution in [0.3, 0.4) is 0 Å². The Labute approximate surface area is 209 Å². The second-order valence-electron chi connectivity index (χ2n) is 7.94. The zero-order chi connectivity index (χ0) is 25.4. The molecule has 2 aromatic carbocycles. The van der Waals surface area contributed by atoms with Crippen LogP contribution in [-0.4, -0.2) is 54.7 Å². The monoisotopic (exact) mass is 498 g/mol. The minimum Gasteiger partial charge on any atom is -0.496 e. The summed E-state index contributed by atoms with van der Waals surface area (Å²) in [6, 6.07) is 13.5. The van der Waals surface area contributed by atoms with Gasteiger partial charge in [-0.3, -0.25) is 4.79 Å². The molecule has 0 saturated heterocycles. The molecule has 0 aliphatic rings. The Bertz CT molecular complexity index is 1140. The zero-order valence-electron chi connectivity index (χ0n) is 20.4. The molecule has 1 N–H and O–H groups in total. The number of methoxy groups -OCH3 is 3. The fraction of sp³-hybridized carbons (Fsp3) is 0.346. The highest BCUT2D eigenvalue weighted by Crippen LogP contribution is 2.30. The zero-order valence-corrected chi connectivity index (χ0v) is 21.2. The lowest BCUT2D eigenvalue weighted by molar-refractivity contribution is 0.0686. The summed E-state index contributed by atoms with van der Waals surface area (Å²) in [6.45, 7) is 2.66. The van der Waals surface area contributed by atoms with E-state index in [1.807, 2.05) is 25.1 Å². The lowest BCUT2D eigenvalue weighted by atomic mass is 10.1. The first kappa shape index (κ1) is 26.2. The smallest absolute Gasteiger partial charge is 0.355 e. The summed E-state index contributed by atoms with van der Waals surface area (Å²) < 4.78 is 16.0. The van der Waals surface area contributed by atoms with Gasteiger partial charge in [0.15, 0.2) is 5.69 Å². The predicted molar refractivity (Wildman–Crippen MR) is 134 cm³/mol. The van der Waals surface area contributed by atoms with E-state index in [4.69, 9.17) is 14.2 Å². The van der Waals surface area contributed by atoms with Crippen molar-refractivity contribution in [1.82, 2.24) is 9.88 Å². The molecule has 8 nitrogen and oxygen atoms in total. The van der Waals surface area contributed by atoms with E-state index >= 15 is 0 Å². The second kappa shape index (κ2) is 12.3. The molecule has 1 amide bonds. The number of aryl methyl sites for hydroxylation is 1. The van der Waals surface area contributed by atoms with Gasteiger partial charge in [0.25, 0.3) is 5.91 Å². The quantitative estimate of drug-likeness (QED) is 0.390. The van der Waals surface area contributed by atoms with Gasteiger partial charge in [-0.2, -0.15) is 0 Å². The molecule has 3 rings (SSSR count). The minimum atomic E-state index is -1.12. The Hall–Kier alpha value is -3.43. The number of hydrogen-bond donors (Lipinski definition) is 1. The van der Waals surface area contributed by atoms with Gasteiger partial charge < -0.3 is 24.2 Å². The van der Waals surface area contributed by atoms with Crippen LogP contribution in [0.5, 0.6) is 11.5 Å². The van der Waals surface area contributed by atoms with Crippen molar-refractivity contribution in [2.24, 2.45) is 0 Å². The van der Waals surface area contributed by atoms with E-state index < -0.39 is 5.97 Å². The van der Waals surface area contributed by atoms with Gasteiger partial charge in [-0.05, 0) is 37.5 Å². The predicted octanol–water partition coefficient (Wildman–Crippen LogP) is 4.59. The average Bonchev–Trinajstić information content (AvgIpc) is 3.26. The number of rotatable bonds is 12. The highest BCUT2D eigenvalue weighted by Gasteiger charge is 2.23. The Morgan fingerprint density at radius 2 is 1.71 bits per heavy atom. The topological polar surface area (TPSA) is 98.2 Å². The van der Waals surface area contributed by atoms with Crippen LogP contribution in [0.25, 0.3) is 0 Å². The molecule has 1 heterocycles. The number of amides is 1. The van der Waals surface area contributed by atoms with Crippen molar-refractivity contribution in [2.45, 2.75) is 32.9 Å². The Kier molecular flexibility index (Phi) is 9.22. The number of aromatic carboxylic acids is 1. The number of carboxylic acids is 1. The standard InChI is InChI=1S/C26H30N2O6S/c1-17-20(33-3)13-19(14-21(17)34-4)25(29)28(12-8-11-18-9-6-5-7-10-18)15-23-27-24(26(30)31)22(35-23)16-32-2/h5-7,9-10,13-14H,8,11-12,15-16H2,1-4H3,(H,30,31). The molecule has 0 aliphatic carbocycles. The first-order valence-corrected chi connectivity index (χ1v) is 12.0. The van der Waals surface area contributed by atoms with Crippen molar-refractivity contribution >= 4 is 23.2 Å². The summed E-state index contributed by atoms with van der Waals surface area (Å²) in [6.07, 6.45) is 1.54. The second-order valence-corrected chi connectivity index (χ2v) is 9.11. The molecule has 35 heavy (non-hydrogen) atoms. The highest BCUT2D eigenvalue weighted by molar-refractivity contribution is 7.11. The van der Waals surface area contributed by atoms with E-state index in [0.29, 0.717) is 33.5 Å². The summed E-state index contributed by atoms with van der Waals surface area (Å²) in [5, 5.41) is 10.1. The maximum absolute atomic E-state index is 13.6. The van der Waals surface area contributed by atoms with Crippen LogP contribution in [0.15, 0.2) is 42.5 Å². The molecule has 186 valence electrons.